The highest BCUT2D eigenvalue weighted by Gasteiger charge is 2.13. The van der Waals surface area contributed by atoms with Gasteiger partial charge in [-0.3, -0.25) is 4.79 Å². The first kappa shape index (κ1) is 8.69. The predicted octanol–water partition coefficient (Wildman–Crippen LogP) is 1.64. The molecule has 3 nitrogen and oxygen atoms in total. The SMILES string of the molecule is O=C1C=CC(c2ccccc2O)C=N1. The highest BCUT2D eigenvalue weighted by atomic mass is 16.3. The van der Waals surface area contributed by atoms with Crippen LogP contribution >= 0.6 is 0 Å². The van der Waals surface area contributed by atoms with Crippen LogP contribution in [-0.2, 0) is 4.79 Å². The standard InChI is InChI=1S/C11H9NO2/c13-10-4-2-1-3-9(10)8-5-6-11(14)12-7-8/h1-8,13H. The van der Waals surface area contributed by atoms with Gasteiger partial charge in [-0.1, -0.05) is 24.3 Å². The van der Waals surface area contributed by atoms with E-state index < -0.39 is 0 Å². The van der Waals surface area contributed by atoms with Crippen LogP contribution in [0, 0.1) is 0 Å². The van der Waals surface area contributed by atoms with E-state index in [0.29, 0.717) is 0 Å². The van der Waals surface area contributed by atoms with Crippen molar-refractivity contribution in [3.05, 3.63) is 42.0 Å². The summed E-state index contributed by atoms with van der Waals surface area (Å²) < 4.78 is 0. The summed E-state index contributed by atoms with van der Waals surface area (Å²) in [4.78, 5) is 14.4. The van der Waals surface area contributed by atoms with Crippen molar-refractivity contribution >= 4 is 12.1 Å². The van der Waals surface area contributed by atoms with Crippen LogP contribution in [0.5, 0.6) is 5.75 Å². The zero-order valence-corrected chi connectivity index (χ0v) is 7.42. The molecular formula is C11H9NO2. The molecule has 1 atom stereocenters. The summed E-state index contributed by atoms with van der Waals surface area (Å²) in [5.41, 5.74) is 0.764. The van der Waals surface area contributed by atoms with Gasteiger partial charge >= 0.3 is 0 Å². The number of amides is 1. The van der Waals surface area contributed by atoms with E-state index in [9.17, 15) is 9.90 Å². The topological polar surface area (TPSA) is 49.7 Å². The van der Waals surface area contributed by atoms with Gasteiger partial charge in [0.15, 0.2) is 0 Å². The van der Waals surface area contributed by atoms with E-state index in [1.807, 2.05) is 12.1 Å². The molecule has 3 heteroatoms. The maximum absolute atomic E-state index is 10.8. The molecule has 0 saturated carbocycles. The third-order valence-corrected chi connectivity index (χ3v) is 2.10. The Bertz CT molecular complexity index is 405. The third kappa shape index (κ3) is 1.57. The molecule has 0 bridgehead atoms. The molecule has 1 amide bonds. The zero-order chi connectivity index (χ0) is 9.97. The molecule has 0 aliphatic carbocycles. The van der Waals surface area contributed by atoms with E-state index in [4.69, 9.17) is 0 Å². The van der Waals surface area contributed by atoms with Crippen molar-refractivity contribution in [3.63, 3.8) is 0 Å². The molecule has 14 heavy (non-hydrogen) atoms. The summed E-state index contributed by atoms with van der Waals surface area (Å²) in [7, 11) is 0. The number of hydrogen-bond acceptors (Lipinski definition) is 2. The Kier molecular flexibility index (Phi) is 2.14. The number of carbonyl (C=O) groups is 1. The first-order valence-electron chi connectivity index (χ1n) is 4.31. The van der Waals surface area contributed by atoms with Crippen molar-refractivity contribution in [2.75, 3.05) is 0 Å². The number of rotatable bonds is 1. The van der Waals surface area contributed by atoms with Gasteiger partial charge in [-0.15, -0.1) is 0 Å². The molecule has 1 heterocycles. The average molecular weight is 187 g/mol. The lowest BCUT2D eigenvalue weighted by atomic mass is 9.97. The van der Waals surface area contributed by atoms with Gasteiger partial charge in [0.2, 0.25) is 0 Å². The third-order valence-electron chi connectivity index (χ3n) is 2.10. The molecule has 0 spiro atoms. The van der Waals surface area contributed by atoms with E-state index in [-0.39, 0.29) is 17.6 Å². The number of para-hydroxylation sites is 1. The first-order chi connectivity index (χ1) is 6.77. The highest BCUT2D eigenvalue weighted by Crippen LogP contribution is 2.26. The second-order valence-corrected chi connectivity index (χ2v) is 3.06. The lowest BCUT2D eigenvalue weighted by Gasteiger charge is -2.11. The van der Waals surface area contributed by atoms with Crippen molar-refractivity contribution < 1.29 is 9.90 Å². The number of hydrogen-bond donors (Lipinski definition) is 1. The summed E-state index contributed by atoms with van der Waals surface area (Å²) >= 11 is 0. The van der Waals surface area contributed by atoms with Gasteiger partial charge in [0.05, 0.1) is 0 Å². The molecule has 0 radical (unpaired) electrons. The molecule has 1 aromatic rings. The first-order valence-corrected chi connectivity index (χ1v) is 4.31. The number of allylic oxidation sites excluding steroid dienone is 1. The zero-order valence-electron chi connectivity index (χ0n) is 7.42. The Morgan fingerprint density at radius 3 is 2.71 bits per heavy atom. The van der Waals surface area contributed by atoms with Crippen molar-refractivity contribution in [2.45, 2.75) is 5.92 Å². The van der Waals surface area contributed by atoms with Crippen LogP contribution in [0.15, 0.2) is 41.4 Å². The van der Waals surface area contributed by atoms with Gasteiger partial charge in [0.25, 0.3) is 5.91 Å². The van der Waals surface area contributed by atoms with Crippen LogP contribution in [-0.4, -0.2) is 17.2 Å². The van der Waals surface area contributed by atoms with E-state index in [1.54, 1.807) is 18.2 Å². The summed E-state index contributed by atoms with van der Waals surface area (Å²) in [5.74, 6) is -0.131. The van der Waals surface area contributed by atoms with E-state index >= 15 is 0 Å². The summed E-state index contributed by atoms with van der Waals surface area (Å²) in [5, 5.41) is 9.55. The minimum absolute atomic E-state index is 0.103. The molecule has 0 fully saturated rings. The Morgan fingerprint density at radius 2 is 2.07 bits per heavy atom. The minimum Gasteiger partial charge on any atom is -0.508 e. The van der Waals surface area contributed by atoms with Crippen LogP contribution in [0.3, 0.4) is 0 Å². The van der Waals surface area contributed by atoms with Gasteiger partial charge < -0.3 is 5.11 Å². The molecule has 1 aliphatic heterocycles. The number of aliphatic imine (C=N–C) groups is 1. The summed E-state index contributed by atoms with van der Waals surface area (Å²) in [6.45, 7) is 0. The fraction of sp³-hybridized carbons (Fsp3) is 0.0909. The van der Waals surface area contributed by atoms with E-state index in [0.717, 1.165) is 5.56 Å². The van der Waals surface area contributed by atoms with Crippen LogP contribution < -0.4 is 0 Å². The second-order valence-electron chi connectivity index (χ2n) is 3.06. The van der Waals surface area contributed by atoms with Gasteiger partial charge in [0.1, 0.15) is 5.75 Å². The Morgan fingerprint density at radius 1 is 1.29 bits per heavy atom. The minimum atomic E-state index is -0.253. The monoisotopic (exact) mass is 187 g/mol. The fourth-order valence-corrected chi connectivity index (χ4v) is 1.39. The number of carbonyl (C=O) groups excluding carboxylic acids is 1. The molecule has 2 rings (SSSR count). The molecule has 1 N–H and O–H groups in total. The highest BCUT2D eigenvalue weighted by molar-refractivity contribution is 5.98. The predicted molar refractivity (Wildman–Crippen MR) is 53.5 cm³/mol. The summed E-state index contributed by atoms with van der Waals surface area (Å²) in [6.07, 6.45) is 4.68. The Balaban J connectivity index is 2.33. The number of phenolic OH excluding ortho intramolecular Hbond substituents is 1. The molecule has 0 aromatic heterocycles. The Labute approximate surface area is 81.4 Å². The second kappa shape index (κ2) is 3.46. The molecule has 1 aliphatic rings. The van der Waals surface area contributed by atoms with Crippen molar-refractivity contribution in [1.82, 2.24) is 0 Å². The van der Waals surface area contributed by atoms with Crippen LogP contribution in [0.25, 0.3) is 0 Å². The van der Waals surface area contributed by atoms with Crippen LogP contribution in [0.4, 0.5) is 0 Å². The fourth-order valence-electron chi connectivity index (χ4n) is 1.39. The van der Waals surface area contributed by atoms with Crippen LogP contribution in [0.2, 0.25) is 0 Å². The van der Waals surface area contributed by atoms with Crippen LogP contribution in [0.1, 0.15) is 11.5 Å². The number of nitrogens with zero attached hydrogens (tertiary/aromatic N) is 1. The van der Waals surface area contributed by atoms with Gasteiger partial charge in [0, 0.05) is 23.8 Å². The Hall–Kier alpha value is -1.90. The quantitative estimate of drug-likeness (QED) is 0.726. The number of phenols is 1. The van der Waals surface area contributed by atoms with Gasteiger partial charge in [-0.05, 0) is 6.07 Å². The maximum atomic E-state index is 10.8. The lowest BCUT2D eigenvalue weighted by Crippen LogP contribution is -2.04. The van der Waals surface area contributed by atoms with Crippen molar-refractivity contribution in [2.24, 2.45) is 4.99 Å². The normalized spacial score (nSPS) is 20.0. The van der Waals surface area contributed by atoms with Crippen molar-refractivity contribution in [1.29, 1.82) is 0 Å². The van der Waals surface area contributed by atoms with Gasteiger partial charge in [-0.25, -0.2) is 4.99 Å². The smallest absolute Gasteiger partial charge is 0.269 e. The molecule has 70 valence electrons. The maximum Gasteiger partial charge on any atom is 0.269 e. The van der Waals surface area contributed by atoms with E-state index in [1.165, 1.54) is 12.3 Å². The van der Waals surface area contributed by atoms with E-state index in [2.05, 4.69) is 4.99 Å². The number of benzene rings is 1. The molecule has 0 saturated heterocycles. The number of aromatic hydroxyl groups is 1. The lowest BCUT2D eigenvalue weighted by molar-refractivity contribution is -0.113. The number of dihydropyridines is 1. The average Bonchev–Trinajstić information content (AvgIpc) is 2.20. The van der Waals surface area contributed by atoms with Gasteiger partial charge in [-0.2, -0.15) is 0 Å². The molecule has 1 unspecified atom stereocenters. The largest absolute Gasteiger partial charge is 0.508 e. The molecular weight excluding hydrogens is 178 g/mol. The summed E-state index contributed by atoms with van der Waals surface area (Å²) in [6, 6.07) is 7.03. The van der Waals surface area contributed by atoms with Crippen molar-refractivity contribution in [3.8, 4) is 5.75 Å². The molecule has 1 aromatic carbocycles.